The molecule has 38 heavy (non-hydrogen) atoms. The first-order valence-corrected chi connectivity index (χ1v) is 13.1. The quantitative estimate of drug-likeness (QED) is 0.362. The number of benzene rings is 1. The van der Waals surface area contributed by atoms with Crippen molar-refractivity contribution in [3.8, 4) is 10.4 Å². The van der Waals surface area contributed by atoms with Gasteiger partial charge in [-0.3, -0.25) is 10.1 Å². The summed E-state index contributed by atoms with van der Waals surface area (Å²) in [6, 6.07) is 4.26. The van der Waals surface area contributed by atoms with Crippen LogP contribution in [0.1, 0.15) is 64.3 Å². The largest absolute Gasteiger partial charge is 0.471 e. The van der Waals surface area contributed by atoms with Gasteiger partial charge in [-0.25, -0.2) is 14.6 Å². The fourth-order valence-electron chi connectivity index (χ4n) is 4.00. The summed E-state index contributed by atoms with van der Waals surface area (Å²) in [4.78, 5) is 40.6. The van der Waals surface area contributed by atoms with E-state index in [2.05, 4.69) is 15.6 Å². The lowest BCUT2D eigenvalue weighted by molar-refractivity contribution is -0.167. The number of aromatic nitrogens is 1. The van der Waals surface area contributed by atoms with Crippen LogP contribution in [-0.4, -0.2) is 47.5 Å². The smallest absolute Gasteiger partial charge is 0.447 e. The highest BCUT2D eigenvalue weighted by molar-refractivity contribution is 7.15. The molecule has 1 aromatic heterocycles. The molecule has 0 unspecified atom stereocenters. The van der Waals surface area contributed by atoms with Gasteiger partial charge in [0.15, 0.2) is 0 Å². The predicted molar refractivity (Wildman–Crippen MR) is 137 cm³/mol. The van der Waals surface area contributed by atoms with Crippen molar-refractivity contribution in [2.75, 3.05) is 10.6 Å². The molecule has 1 aliphatic carbocycles. The fraction of sp³-hybridized carbons (Fsp3) is 0.520. The number of hydrogen-bond donors (Lipinski definition) is 3. The molecule has 3 N–H and O–H groups in total. The molecule has 0 aliphatic heterocycles. The number of thiazole rings is 1. The van der Waals surface area contributed by atoms with Gasteiger partial charge in [-0.2, -0.15) is 13.2 Å². The van der Waals surface area contributed by atoms with Gasteiger partial charge >= 0.3 is 24.3 Å². The van der Waals surface area contributed by atoms with Crippen molar-refractivity contribution in [1.82, 2.24) is 10.3 Å². The number of anilines is 2. The Bertz CT molecular complexity index is 1140. The molecule has 13 heteroatoms. The minimum atomic E-state index is -5.09. The van der Waals surface area contributed by atoms with E-state index in [1.54, 1.807) is 33.9 Å². The van der Waals surface area contributed by atoms with E-state index in [1.807, 2.05) is 5.32 Å². The van der Waals surface area contributed by atoms with Crippen molar-refractivity contribution in [2.45, 2.75) is 83.7 Å². The minimum absolute atomic E-state index is 0.00328. The molecular formula is C25H31F3N4O5S. The molecule has 1 fully saturated rings. The van der Waals surface area contributed by atoms with Gasteiger partial charge < -0.3 is 20.1 Å². The van der Waals surface area contributed by atoms with E-state index in [4.69, 9.17) is 9.47 Å². The van der Waals surface area contributed by atoms with Crippen LogP contribution >= 0.6 is 11.3 Å². The molecule has 9 nitrogen and oxygen atoms in total. The number of nitrogens with zero attached hydrogens (tertiary/aromatic N) is 1. The highest BCUT2D eigenvalue weighted by Crippen LogP contribution is 2.40. The van der Waals surface area contributed by atoms with Crippen LogP contribution < -0.4 is 16.0 Å². The third-order valence-corrected chi connectivity index (χ3v) is 6.84. The molecule has 208 valence electrons. The van der Waals surface area contributed by atoms with E-state index in [9.17, 15) is 27.6 Å². The Labute approximate surface area is 222 Å². The summed E-state index contributed by atoms with van der Waals surface area (Å²) >= 11 is 1.33. The summed E-state index contributed by atoms with van der Waals surface area (Å²) in [6.45, 7) is 6.87. The van der Waals surface area contributed by atoms with Gasteiger partial charge in [0.1, 0.15) is 0 Å². The summed E-state index contributed by atoms with van der Waals surface area (Å²) in [5.74, 6) is -2.00. The number of alkyl halides is 3. The monoisotopic (exact) mass is 556 g/mol. The molecule has 0 radical (unpaired) electrons. The molecule has 0 atom stereocenters. The second kappa shape index (κ2) is 12.5. The first kappa shape index (κ1) is 29.2. The van der Waals surface area contributed by atoms with E-state index in [1.165, 1.54) is 29.5 Å². The zero-order valence-electron chi connectivity index (χ0n) is 21.5. The van der Waals surface area contributed by atoms with Crippen LogP contribution in [0.15, 0.2) is 24.4 Å². The minimum Gasteiger partial charge on any atom is -0.447 e. The number of alkyl carbamates (subject to hydrolysis) is 1. The predicted octanol–water partition coefficient (Wildman–Crippen LogP) is 6.43. The number of nitrogens with one attached hydrogen (secondary N) is 3. The highest BCUT2D eigenvalue weighted by atomic mass is 32.1. The van der Waals surface area contributed by atoms with Crippen molar-refractivity contribution in [2.24, 2.45) is 0 Å². The summed E-state index contributed by atoms with van der Waals surface area (Å²) in [5, 5.41) is 8.03. The molecule has 1 aromatic carbocycles. The Kier molecular flexibility index (Phi) is 9.58. The number of carbonyl (C=O) groups excluding carboxylic acids is 3. The van der Waals surface area contributed by atoms with Crippen molar-refractivity contribution < 1.29 is 37.0 Å². The third kappa shape index (κ3) is 8.33. The summed E-state index contributed by atoms with van der Waals surface area (Å²) < 4.78 is 49.1. The van der Waals surface area contributed by atoms with Gasteiger partial charge in [-0.05, 0) is 71.6 Å². The van der Waals surface area contributed by atoms with Crippen LogP contribution in [0.25, 0.3) is 10.4 Å². The number of ether oxygens (including phenoxy) is 2. The van der Waals surface area contributed by atoms with E-state index in [0.29, 0.717) is 10.4 Å². The van der Waals surface area contributed by atoms with Crippen molar-refractivity contribution in [3.63, 3.8) is 0 Å². The van der Waals surface area contributed by atoms with Crippen LogP contribution in [0, 0.1) is 0 Å². The Morgan fingerprint density at radius 1 is 0.974 bits per heavy atom. The van der Waals surface area contributed by atoms with Gasteiger partial charge in [-0.15, -0.1) is 11.3 Å². The summed E-state index contributed by atoms with van der Waals surface area (Å²) in [7, 11) is 0. The Hall–Kier alpha value is -3.35. The Morgan fingerprint density at radius 3 is 2.21 bits per heavy atom. The van der Waals surface area contributed by atoms with Crippen molar-refractivity contribution in [3.05, 3.63) is 29.4 Å². The van der Waals surface area contributed by atoms with Crippen molar-refractivity contribution in [1.29, 1.82) is 0 Å². The van der Waals surface area contributed by atoms with E-state index < -0.39 is 30.4 Å². The number of rotatable bonds is 7. The van der Waals surface area contributed by atoms with E-state index >= 15 is 0 Å². The second-order valence-corrected chi connectivity index (χ2v) is 10.6. The summed E-state index contributed by atoms with van der Waals surface area (Å²) in [5.41, 5.74) is 0.366. The molecule has 0 spiro atoms. The average Bonchev–Trinajstić information content (AvgIpc) is 3.28. The maximum atomic E-state index is 13.0. The highest BCUT2D eigenvalue weighted by Gasteiger charge is 2.39. The van der Waals surface area contributed by atoms with E-state index in [-0.39, 0.29) is 29.4 Å². The first-order valence-electron chi connectivity index (χ1n) is 12.2. The number of carbonyl (C=O) groups is 3. The van der Waals surface area contributed by atoms with Crippen LogP contribution in [0.4, 0.5) is 34.1 Å². The molecule has 1 saturated carbocycles. The van der Waals surface area contributed by atoms with Crippen LogP contribution in [0.2, 0.25) is 0 Å². The molecule has 1 aliphatic rings. The van der Waals surface area contributed by atoms with Gasteiger partial charge in [0.2, 0.25) is 0 Å². The second-order valence-electron chi connectivity index (χ2n) is 9.50. The van der Waals surface area contributed by atoms with Crippen LogP contribution in [0.5, 0.6) is 0 Å². The lowest BCUT2D eigenvalue weighted by Gasteiger charge is -2.28. The molecule has 2 aromatic rings. The van der Waals surface area contributed by atoms with Crippen molar-refractivity contribution >= 4 is 40.8 Å². The molecule has 3 rings (SSSR count). The fourth-order valence-corrected chi connectivity index (χ4v) is 5.12. The maximum Gasteiger partial charge on any atom is 0.471 e. The molecule has 0 bridgehead atoms. The third-order valence-electron chi connectivity index (χ3n) is 5.64. The maximum absolute atomic E-state index is 13.0. The molecule has 0 saturated heterocycles. The van der Waals surface area contributed by atoms with Crippen LogP contribution in [0.3, 0.4) is 0 Å². The normalized spacial score (nSPS) is 17.7. The van der Waals surface area contributed by atoms with Gasteiger partial charge in [0.25, 0.3) is 0 Å². The van der Waals surface area contributed by atoms with Crippen LogP contribution in [-0.2, 0) is 14.3 Å². The topological polar surface area (TPSA) is 119 Å². The van der Waals surface area contributed by atoms with Gasteiger partial charge in [0, 0.05) is 29.4 Å². The SMILES string of the molecule is CC(C)OC(=O)Nc1ccc(-c2cnc(C3CCC(NC(=O)OC(C)C)CC3)s2)c(NC(=O)C(F)(F)F)c1. The Morgan fingerprint density at radius 2 is 1.61 bits per heavy atom. The number of amides is 3. The molecule has 1 heterocycles. The lowest BCUT2D eigenvalue weighted by atomic mass is 9.86. The number of hydrogen-bond acceptors (Lipinski definition) is 7. The van der Waals surface area contributed by atoms with Gasteiger partial charge in [-0.1, -0.05) is 0 Å². The standard InChI is InChI=1S/C25H31F3N4O5S/c1-13(2)36-23(34)30-16-7-5-15(6-8-16)21-29-12-20(38-21)18-10-9-17(31-24(35)37-14(3)4)11-19(18)32-22(33)25(26,27)28/h9-16H,5-8H2,1-4H3,(H,30,34)(H,31,35)(H,32,33). The van der Waals surface area contributed by atoms with E-state index in [0.717, 1.165) is 30.7 Å². The Balaban J connectivity index is 1.75. The number of halogens is 3. The average molecular weight is 557 g/mol. The zero-order valence-corrected chi connectivity index (χ0v) is 22.3. The summed E-state index contributed by atoms with van der Waals surface area (Å²) in [6.07, 6.45) is -2.31. The zero-order chi connectivity index (χ0) is 28.0. The first-order chi connectivity index (χ1) is 17.8. The molecule has 3 amide bonds. The lowest BCUT2D eigenvalue weighted by Crippen LogP contribution is -2.38. The van der Waals surface area contributed by atoms with Gasteiger partial charge in [0.05, 0.1) is 27.8 Å². The molecular weight excluding hydrogens is 525 g/mol.